The third kappa shape index (κ3) is 2.85. The smallest absolute Gasteiger partial charge is 0.122 e. The van der Waals surface area contributed by atoms with Crippen LogP contribution in [0.2, 0.25) is 1.41 Å². The van der Waals surface area contributed by atoms with E-state index in [9.17, 15) is 0 Å². The highest BCUT2D eigenvalue weighted by atomic mass is 15.2. The van der Waals surface area contributed by atoms with Gasteiger partial charge in [-0.2, -0.15) is 0 Å². The van der Waals surface area contributed by atoms with Crippen LogP contribution in [0.3, 0.4) is 0 Å². The van der Waals surface area contributed by atoms with Gasteiger partial charge in [0.2, 0.25) is 0 Å². The Labute approximate surface area is 143 Å². The van der Waals surface area contributed by atoms with Crippen molar-refractivity contribution in [1.29, 1.82) is 0 Å². The summed E-state index contributed by atoms with van der Waals surface area (Å²) in [6.07, 6.45) is 7.92. The Morgan fingerprint density at radius 1 is 1.22 bits per heavy atom. The highest BCUT2D eigenvalue weighted by Gasteiger charge is 2.48. The fourth-order valence-corrected chi connectivity index (χ4v) is 5.35. The van der Waals surface area contributed by atoms with Crippen LogP contribution in [0, 0.1) is 5.41 Å². The third-order valence-corrected chi connectivity index (χ3v) is 6.68. The number of hydrogen-bond donors (Lipinski definition) is 1. The van der Waals surface area contributed by atoms with Crippen LogP contribution in [-0.2, 0) is 0 Å². The largest absolute Gasteiger partial charge is 0.317 e. The van der Waals surface area contributed by atoms with Crippen molar-refractivity contribution in [2.24, 2.45) is 5.41 Å². The lowest BCUT2D eigenvalue weighted by atomic mass is 9.60. The van der Waals surface area contributed by atoms with Crippen LogP contribution in [0.5, 0.6) is 0 Å². The molecule has 1 atom stereocenters. The second kappa shape index (κ2) is 6.22. The van der Waals surface area contributed by atoms with Gasteiger partial charge >= 0.3 is 0 Å². The van der Waals surface area contributed by atoms with E-state index in [1.54, 1.807) is 16.4 Å². The van der Waals surface area contributed by atoms with E-state index in [1.165, 1.54) is 45.1 Å². The average molecular weight is 314 g/mol. The summed E-state index contributed by atoms with van der Waals surface area (Å²) >= 11 is 0. The topological polar surface area (TPSA) is 15.3 Å². The minimum atomic E-state index is 0.576. The van der Waals surface area contributed by atoms with Crippen LogP contribution >= 0.6 is 0 Å². The van der Waals surface area contributed by atoms with E-state index in [0.29, 0.717) is 17.4 Å². The summed E-state index contributed by atoms with van der Waals surface area (Å²) in [7, 11) is 0. The number of hydrogen-bond acceptors (Lipinski definition) is 2. The highest BCUT2D eigenvalue weighted by Crippen LogP contribution is 2.53. The van der Waals surface area contributed by atoms with Crippen molar-refractivity contribution in [3.8, 4) is 0 Å². The van der Waals surface area contributed by atoms with Crippen molar-refractivity contribution in [1.82, 2.24) is 10.2 Å². The lowest BCUT2D eigenvalue weighted by Crippen LogP contribution is -2.54. The van der Waals surface area contributed by atoms with E-state index in [-0.39, 0.29) is 0 Å². The van der Waals surface area contributed by atoms with Gasteiger partial charge in [0.1, 0.15) is 1.41 Å². The number of rotatable bonds is 3. The fraction of sp³-hybridized carbons (Fsp3) is 0.714. The van der Waals surface area contributed by atoms with E-state index in [2.05, 4.69) is 43.0 Å². The Kier molecular flexibility index (Phi) is 3.91. The summed E-state index contributed by atoms with van der Waals surface area (Å²) in [6, 6.07) is 10.6. The molecule has 4 rings (SSSR count). The van der Waals surface area contributed by atoms with Gasteiger partial charge in [-0.3, -0.25) is 4.90 Å². The second-order valence-corrected chi connectivity index (χ2v) is 8.41. The van der Waals surface area contributed by atoms with Crippen LogP contribution in [-0.4, -0.2) is 30.6 Å². The van der Waals surface area contributed by atoms with Crippen LogP contribution < -0.4 is 5.31 Å². The molecular formula is C21H32N2. The van der Waals surface area contributed by atoms with Gasteiger partial charge < -0.3 is 5.31 Å². The van der Waals surface area contributed by atoms with Crippen molar-refractivity contribution >= 4 is 0 Å². The lowest BCUT2D eigenvalue weighted by Gasteiger charge is -2.54. The molecule has 0 radical (unpaired) electrons. The van der Waals surface area contributed by atoms with E-state index in [4.69, 9.17) is 1.41 Å². The maximum atomic E-state index is 7.80. The number of piperidine rings is 1. The molecule has 1 saturated carbocycles. The first kappa shape index (κ1) is 14.5. The van der Waals surface area contributed by atoms with Crippen LogP contribution in [0.25, 0.3) is 0 Å². The van der Waals surface area contributed by atoms with Crippen molar-refractivity contribution in [3.63, 3.8) is 0 Å². The molecule has 2 aliphatic heterocycles. The molecule has 0 bridgehead atoms. The SMILES string of the molecule is [2H]N1CCC2(CC1)CC(N1CCCC1c1ccccc1C(C)C)C2. The predicted molar refractivity (Wildman–Crippen MR) is 96.8 cm³/mol. The molecule has 1 aromatic rings. The van der Waals surface area contributed by atoms with Crippen LogP contribution in [0.15, 0.2) is 24.3 Å². The predicted octanol–water partition coefficient (Wildman–Crippen LogP) is 4.48. The molecule has 23 heavy (non-hydrogen) atoms. The molecule has 0 aromatic heterocycles. The molecule has 3 fully saturated rings. The Morgan fingerprint density at radius 2 is 1.96 bits per heavy atom. The zero-order chi connectivity index (χ0) is 16.7. The summed E-state index contributed by atoms with van der Waals surface area (Å²) < 4.78 is 7.80. The van der Waals surface area contributed by atoms with Crippen LogP contribution in [0.4, 0.5) is 0 Å². The van der Waals surface area contributed by atoms with Gasteiger partial charge in [-0.1, -0.05) is 38.1 Å². The van der Waals surface area contributed by atoms with E-state index < -0.39 is 0 Å². The normalized spacial score (nSPS) is 29.9. The monoisotopic (exact) mass is 313 g/mol. The quantitative estimate of drug-likeness (QED) is 0.885. The third-order valence-electron chi connectivity index (χ3n) is 6.68. The minimum Gasteiger partial charge on any atom is -0.317 e. The molecule has 1 unspecified atom stereocenters. The summed E-state index contributed by atoms with van der Waals surface area (Å²) in [5.41, 5.74) is 3.71. The van der Waals surface area contributed by atoms with Gasteiger partial charge in [0.05, 0.1) is 0 Å². The number of nitrogens with one attached hydrogen (secondary N) is 1. The number of likely N-dealkylation sites (tertiary alicyclic amines) is 1. The van der Waals surface area contributed by atoms with Crippen molar-refractivity contribution in [2.75, 3.05) is 19.6 Å². The van der Waals surface area contributed by atoms with E-state index in [0.717, 1.165) is 19.1 Å². The number of benzene rings is 1. The maximum Gasteiger partial charge on any atom is 0.122 e. The number of nitrogens with zero attached hydrogens (tertiary/aromatic N) is 1. The van der Waals surface area contributed by atoms with Gasteiger partial charge in [0.15, 0.2) is 0 Å². The molecule has 0 amide bonds. The Morgan fingerprint density at radius 3 is 2.70 bits per heavy atom. The van der Waals surface area contributed by atoms with Crippen molar-refractivity contribution in [2.45, 2.75) is 70.4 Å². The molecule has 3 aliphatic rings. The fourth-order valence-electron chi connectivity index (χ4n) is 5.35. The molecule has 1 N–H and O–H groups in total. The molecule has 2 heterocycles. The Hall–Kier alpha value is -0.860. The average Bonchev–Trinajstić information content (AvgIpc) is 3.03. The van der Waals surface area contributed by atoms with Crippen molar-refractivity contribution in [3.05, 3.63) is 35.4 Å². The molecule has 2 nitrogen and oxygen atoms in total. The molecule has 1 aliphatic carbocycles. The lowest BCUT2D eigenvalue weighted by molar-refractivity contribution is -0.0265. The summed E-state index contributed by atoms with van der Waals surface area (Å²) in [5.74, 6) is 0.609. The zero-order valence-corrected chi connectivity index (χ0v) is 14.8. The first-order valence-electron chi connectivity index (χ1n) is 10.1. The highest BCUT2D eigenvalue weighted by molar-refractivity contribution is 5.33. The summed E-state index contributed by atoms with van der Waals surface area (Å²) in [4.78, 5) is 2.83. The summed E-state index contributed by atoms with van der Waals surface area (Å²) in [5, 5.41) is 1.76. The van der Waals surface area contributed by atoms with Gasteiger partial charge in [0, 0.05) is 12.1 Å². The first-order chi connectivity index (χ1) is 11.6. The van der Waals surface area contributed by atoms with Gasteiger partial charge in [-0.05, 0) is 80.6 Å². The molecule has 1 spiro atoms. The standard InChI is InChI=1S/C21H32N2/c1-16(2)18-6-3-4-7-19(18)20-8-5-13-23(20)17-14-21(15-17)9-11-22-12-10-21/h3-4,6-7,16-17,20,22H,5,8-15H2,1-2H3/i/hD. The molecule has 2 saturated heterocycles. The van der Waals surface area contributed by atoms with Crippen molar-refractivity contribution < 1.29 is 1.41 Å². The Balaban J connectivity index is 1.47. The molecule has 2 heteroatoms. The summed E-state index contributed by atoms with van der Waals surface area (Å²) in [6.45, 7) is 7.89. The van der Waals surface area contributed by atoms with Crippen LogP contribution in [0.1, 0.15) is 75.5 Å². The minimum absolute atomic E-state index is 0.576. The first-order valence-corrected chi connectivity index (χ1v) is 9.66. The van der Waals surface area contributed by atoms with Gasteiger partial charge in [-0.15, -0.1) is 0 Å². The molecular weight excluding hydrogens is 280 g/mol. The molecule has 1 aromatic carbocycles. The maximum absolute atomic E-state index is 7.80. The second-order valence-electron chi connectivity index (χ2n) is 8.41. The zero-order valence-electron chi connectivity index (χ0n) is 15.8. The Bertz CT molecular complexity index is 569. The van der Waals surface area contributed by atoms with Gasteiger partial charge in [0.25, 0.3) is 0 Å². The molecule has 126 valence electrons. The van der Waals surface area contributed by atoms with E-state index in [1.807, 2.05) is 0 Å². The van der Waals surface area contributed by atoms with E-state index >= 15 is 0 Å². The van der Waals surface area contributed by atoms with Gasteiger partial charge in [-0.25, -0.2) is 0 Å².